The fourth-order valence-electron chi connectivity index (χ4n) is 1.96. The molecule has 1 heteroatoms. The predicted molar refractivity (Wildman–Crippen MR) is 60.7 cm³/mol. The molecule has 0 radical (unpaired) electrons. The molecule has 1 aromatic rings. The lowest BCUT2D eigenvalue weighted by Crippen LogP contribution is -2.04. The van der Waals surface area contributed by atoms with Crippen molar-refractivity contribution in [3.05, 3.63) is 34.4 Å². The minimum atomic E-state index is -0.199. The first-order valence-electron chi connectivity index (χ1n) is 5.25. The van der Waals surface area contributed by atoms with Crippen molar-refractivity contribution in [3.8, 4) is 0 Å². The molecule has 0 bridgehead atoms. The second-order valence-corrected chi connectivity index (χ2v) is 4.26. The summed E-state index contributed by atoms with van der Waals surface area (Å²) in [5.74, 6) is 0. The smallest absolute Gasteiger partial charge is 0.0515 e. The molecule has 14 heavy (non-hydrogen) atoms. The van der Waals surface area contributed by atoms with Crippen LogP contribution in [0.15, 0.2) is 12.1 Å². The van der Waals surface area contributed by atoms with E-state index >= 15 is 0 Å². The highest BCUT2D eigenvalue weighted by atomic mass is 16.3. The van der Waals surface area contributed by atoms with Crippen LogP contribution in [-0.2, 0) is 6.42 Å². The molecule has 1 nitrogen and oxygen atoms in total. The van der Waals surface area contributed by atoms with E-state index in [0.717, 1.165) is 12.8 Å². The van der Waals surface area contributed by atoms with Crippen LogP contribution in [0.4, 0.5) is 0 Å². The lowest BCUT2D eigenvalue weighted by atomic mass is 9.95. The molecule has 0 aliphatic heterocycles. The molecule has 1 rings (SSSR count). The van der Waals surface area contributed by atoms with Gasteiger partial charge in [0.05, 0.1) is 6.10 Å². The summed E-state index contributed by atoms with van der Waals surface area (Å²) in [6.45, 7) is 8.27. The fraction of sp³-hybridized carbons (Fsp3) is 0.538. The SMILES string of the molecule is Cc1cc(C)c(CC[C@H](C)O)c(C)c1. The van der Waals surface area contributed by atoms with Gasteiger partial charge in [0, 0.05) is 0 Å². The summed E-state index contributed by atoms with van der Waals surface area (Å²) < 4.78 is 0. The predicted octanol–water partition coefficient (Wildman–Crippen LogP) is 2.93. The molecule has 0 aromatic heterocycles. The topological polar surface area (TPSA) is 20.2 Å². The van der Waals surface area contributed by atoms with E-state index in [1.807, 2.05) is 6.92 Å². The number of hydrogen-bond acceptors (Lipinski definition) is 1. The molecule has 0 heterocycles. The van der Waals surface area contributed by atoms with Crippen molar-refractivity contribution in [1.29, 1.82) is 0 Å². The molecule has 0 saturated carbocycles. The fourth-order valence-corrected chi connectivity index (χ4v) is 1.96. The molecule has 1 atom stereocenters. The standard InChI is InChI=1S/C13H20O/c1-9-7-10(2)13(11(3)8-9)6-5-12(4)14/h7-8,12,14H,5-6H2,1-4H3/t12-/m0/s1. The number of benzene rings is 1. The third kappa shape index (κ3) is 2.85. The number of aliphatic hydroxyl groups excluding tert-OH is 1. The highest BCUT2D eigenvalue weighted by molar-refractivity contribution is 5.37. The van der Waals surface area contributed by atoms with Crippen molar-refractivity contribution in [3.63, 3.8) is 0 Å². The van der Waals surface area contributed by atoms with Gasteiger partial charge in [-0.15, -0.1) is 0 Å². The summed E-state index contributed by atoms with van der Waals surface area (Å²) in [7, 11) is 0. The second-order valence-electron chi connectivity index (χ2n) is 4.26. The summed E-state index contributed by atoms with van der Waals surface area (Å²) in [6, 6.07) is 4.43. The Kier molecular flexibility index (Phi) is 3.70. The Morgan fingerprint density at radius 2 is 1.64 bits per heavy atom. The number of rotatable bonds is 3. The summed E-state index contributed by atoms with van der Waals surface area (Å²) >= 11 is 0. The normalized spacial score (nSPS) is 12.9. The van der Waals surface area contributed by atoms with Crippen LogP contribution < -0.4 is 0 Å². The van der Waals surface area contributed by atoms with Gasteiger partial charge in [0.25, 0.3) is 0 Å². The summed E-state index contributed by atoms with van der Waals surface area (Å²) in [5.41, 5.74) is 5.42. The minimum Gasteiger partial charge on any atom is -0.393 e. The molecule has 0 spiro atoms. The van der Waals surface area contributed by atoms with Gasteiger partial charge in [0.1, 0.15) is 0 Å². The van der Waals surface area contributed by atoms with E-state index in [-0.39, 0.29) is 6.10 Å². The molecule has 0 fully saturated rings. The van der Waals surface area contributed by atoms with E-state index in [0.29, 0.717) is 0 Å². The van der Waals surface area contributed by atoms with Gasteiger partial charge in [0.2, 0.25) is 0 Å². The first kappa shape index (κ1) is 11.3. The molecule has 0 aliphatic carbocycles. The second kappa shape index (κ2) is 4.61. The largest absolute Gasteiger partial charge is 0.393 e. The molecular formula is C13H20O. The summed E-state index contributed by atoms with van der Waals surface area (Å²) in [4.78, 5) is 0. The Labute approximate surface area is 86.8 Å². The monoisotopic (exact) mass is 192 g/mol. The van der Waals surface area contributed by atoms with Crippen LogP contribution in [0.3, 0.4) is 0 Å². The Hall–Kier alpha value is -0.820. The van der Waals surface area contributed by atoms with Gasteiger partial charge in [0.15, 0.2) is 0 Å². The number of aliphatic hydroxyl groups is 1. The number of aryl methyl sites for hydroxylation is 3. The lowest BCUT2D eigenvalue weighted by molar-refractivity contribution is 0.185. The van der Waals surface area contributed by atoms with Gasteiger partial charge in [-0.25, -0.2) is 0 Å². The van der Waals surface area contributed by atoms with Crippen LogP contribution >= 0.6 is 0 Å². The third-order valence-electron chi connectivity index (χ3n) is 2.65. The van der Waals surface area contributed by atoms with Crippen molar-refractivity contribution in [2.45, 2.75) is 46.6 Å². The lowest BCUT2D eigenvalue weighted by Gasteiger charge is -2.12. The molecule has 0 saturated heterocycles. The van der Waals surface area contributed by atoms with Gasteiger partial charge in [-0.05, 0) is 57.2 Å². The quantitative estimate of drug-likeness (QED) is 0.780. The van der Waals surface area contributed by atoms with Gasteiger partial charge >= 0.3 is 0 Å². The number of hydrogen-bond donors (Lipinski definition) is 1. The molecule has 1 N–H and O–H groups in total. The van der Waals surface area contributed by atoms with Crippen LogP contribution in [-0.4, -0.2) is 11.2 Å². The Morgan fingerprint density at radius 1 is 1.14 bits per heavy atom. The first-order chi connectivity index (χ1) is 6.50. The van der Waals surface area contributed by atoms with Crippen molar-refractivity contribution in [1.82, 2.24) is 0 Å². The maximum atomic E-state index is 9.25. The summed E-state index contributed by atoms with van der Waals surface area (Å²) in [5, 5.41) is 9.25. The van der Waals surface area contributed by atoms with E-state index < -0.39 is 0 Å². The maximum absolute atomic E-state index is 9.25. The van der Waals surface area contributed by atoms with Gasteiger partial charge in [-0.2, -0.15) is 0 Å². The first-order valence-corrected chi connectivity index (χ1v) is 5.25. The minimum absolute atomic E-state index is 0.199. The Balaban J connectivity index is 2.86. The molecular weight excluding hydrogens is 172 g/mol. The van der Waals surface area contributed by atoms with E-state index in [1.54, 1.807) is 0 Å². The Morgan fingerprint density at radius 3 is 2.07 bits per heavy atom. The highest BCUT2D eigenvalue weighted by Gasteiger charge is 2.05. The zero-order chi connectivity index (χ0) is 10.7. The van der Waals surface area contributed by atoms with E-state index in [2.05, 4.69) is 32.9 Å². The van der Waals surface area contributed by atoms with Gasteiger partial charge < -0.3 is 5.11 Å². The Bertz CT molecular complexity index is 290. The molecule has 1 aromatic carbocycles. The van der Waals surface area contributed by atoms with Crippen LogP contribution in [0.2, 0.25) is 0 Å². The highest BCUT2D eigenvalue weighted by Crippen LogP contribution is 2.18. The zero-order valence-corrected chi connectivity index (χ0v) is 9.59. The van der Waals surface area contributed by atoms with Crippen molar-refractivity contribution >= 4 is 0 Å². The van der Waals surface area contributed by atoms with Gasteiger partial charge in [-0.3, -0.25) is 0 Å². The molecule has 0 amide bonds. The van der Waals surface area contributed by atoms with Crippen molar-refractivity contribution in [2.75, 3.05) is 0 Å². The molecule has 0 aliphatic rings. The maximum Gasteiger partial charge on any atom is 0.0515 e. The van der Waals surface area contributed by atoms with Gasteiger partial charge in [-0.1, -0.05) is 17.7 Å². The van der Waals surface area contributed by atoms with Crippen LogP contribution in [0.5, 0.6) is 0 Å². The molecule has 0 unspecified atom stereocenters. The van der Waals surface area contributed by atoms with Crippen LogP contribution in [0, 0.1) is 20.8 Å². The van der Waals surface area contributed by atoms with Crippen molar-refractivity contribution < 1.29 is 5.11 Å². The van der Waals surface area contributed by atoms with Crippen LogP contribution in [0.1, 0.15) is 35.6 Å². The average molecular weight is 192 g/mol. The summed E-state index contributed by atoms with van der Waals surface area (Å²) in [6.07, 6.45) is 1.63. The van der Waals surface area contributed by atoms with E-state index in [1.165, 1.54) is 22.3 Å². The average Bonchev–Trinajstić information content (AvgIpc) is 2.01. The van der Waals surface area contributed by atoms with E-state index in [4.69, 9.17) is 0 Å². The molecule has 78 valence electrons. The third-order valence-corrected chi connectivity index (χ3v) is 2.65. The van der Waals surface area contributed by atoms with Crippen LogP contribution in [0.25, 0.3) is 0 Å². The van der Waals surface area contributed by atoms with Crippen molar-refractivity contribution in [2.24, 2.45) is 0 Å². The zero-order valence-electron chi connectivity index (χ0n) is 9.59. The van der Waals surface area contributed by atoms with E-state index in [9.17, 15) is 5.11 Å².